The molecule has 0 fully saturated rings. The number of aryl methyl sites for hydroxylation is 2. The quantitative estimate of drug-likeness (QED) is 0.0636. The van der Waals surface area contributed by atoms with E-state index in [4.69, 9.17) is 18.7 Å². The molecule has 9 rings (SSSR count). The number of benzene rings is 3. The van der Waals surface area contributed by atoms with Gasteiger partial charge in [0.05, 0.1) is 28.8 Å². The number of amides is 1. The Bertz CT molecular complexity index is 2760. The zero-order valence-corrected chi connectivity index (χ0v) is 39.9. The molecule has 29 heteroatoms. The van der Waals surface area contributed by atoms with Gasteiger partial charge in [-0.1, -0.05) is 69.7 Å². The van der Waals surface area contributed by atoms with E-state index >= 15 is 0 Å². The summed E-state index contributed by atoms with van der Waals surface area (Å²) in [6.07, 6.45) is 3.62. The van der Waals surface area contributed by atoms with Gasteiger partial charge in [-0.25, -0.2) is 19.4 Å². The Hall–Kier alpha value is -5.39. The van der Waals surface area contributed by atoms with Gasteiger partial charge in [0, 0.05) is 5.38 Å². The summed E-state index contributed by atoms with van der Waals surface area (Å²) in [4.78, 5) is 48.9. The molecule has 20 nitrogen and oxygen atoms in total. The van der Waals surface area contributed by atoms with Crippen molar-refractivity contribution in [3.63, 3.8) is 0 Å². The van der Waals surface area contributed by atoms with Crippen LogP contribution in [0.3, 0.4) is 0 Å². The van der Waals surface area contributed by atoms with Crippen molar-refractivity contribution in [1.29, 1.82) is 0 Å². The zero-order valence-electron chi connectivity index (χ0n) is 35.0. The number of carbonyl (C=O) groups is 4. The van der Waals surface area contributed by atoms with Crippen molar-refractivity contribution in [2.24, 2.45) is 0 Å². The van der Waals surface area contributed by atoms with E-state index in [9.17, 15) is 49.6 Å². The van der Waals surface area contributed by atoms with Crippen LogP contribution in [0, 0.1) is 13.8 Å². The van der Waals surface area contributed by atoms with Gasteiger partial charge in [0.2, 0.25) is 6.41 Å². The molecule has 6 aromatic rings. The summed E-state index contributed by atoms with van der Waals surface area (Å²) in [6, 6.07) is 10.5. The zero-order chi connectivity index (χ0) is 47.9. The maximum absolute atomic E-state index is 11.4. The second kappa shape index (κ2) is 22.2. The van der Waals surface area contributed by atoms with Crippen LogP contribution < -0.4 is 24.0 Å². The number of aromatic nitrogens is 5. The Morgan fingerprint density at radius 3 is 1.70 bits per heavy atom. The molecule has 1 amide bonds. The molecule has 7 N–H and O–H groups in total. The Kier molecular flexibility index (Phi) is 16.4. The minimum Gasteiger partial charge on any atom is -0.535 e. The Balaban J connectivity index is 0.000000149. The van der Waals surface area contributed by atoms with Gasteiger partial charge < -0.3 is 54.4 Å². The lowest BCUT2D eigenvalue weighted by molar-refractivity contribution is -0.105. The highest BCUT2D eigenvalue weighted by Crippen LogP contribution is 2.42. The number of carboxylic acid groups (broad SMARTS) is 3. The van der Waals surface area contributed by atoms with Crippen molar-refractivity contribution in [3.8, 4) is 23.0 Å². The molecule has 346 valence electrons. The van der Waals surface area contributed by atoms with Crippen LogP contribution in [-0.4, -0.2) is 123 Å². The van der Waals surface area contributed by atoms with Crippen LogP contribution in [0.5, 0.6) is 23.0 Å². The van der Waals surface area contributed by atoms with E-state index in [-0.39, 0.29) is 55.1 Å². The molecule has 3 aromatic heterocycles. The molecular weight excluding hydrogens is 989 g/mol. The van der Waals surface area contributed by atoms with Crippen LogP contribution in [0.15, 0.2) is 66.4 Å². The molecular formula is C38H35B3N6O14S6. The Morgan fingerprint density at radius 1 is 0.731 bits per heavy atom. The van der Waals surface area contributed by atoms with E-state index in [1.165, 1.54) is 76.6 Å². The highest BCUT2D eigenvalue weighted by atomic mass is 32.2. The third-order valence-electron chi connectivity index (χ3n) is 10.0. The van der Waals surface area contributed by atoms with E-state index in [0.29, 0.717) is 47.0 Å². The molecule has 3 aliphatic heterocycles. The predicted molar refractivity (Wildman–Crippen MR) is 254 cm³/mol. The fourth-order valence-corrected chi connectivity index (χ4v) is 12.6. The van der Waals surface area contributed by atoms with Crippen LogP contribution >= 0.6 is 69.5 Å². The molecule has 0 bridgehead atoms. The number of thiazole rings is 1. The number of hydrogen-bond donors (Lipinski definition) is 7. The number of fused-ring (bicyclic) bond motifs is 3. The molecule has 0 aliphatic carbocycles. The molecule has 6 heterocycles. The lowest BCUT2D eigenvalue weighted by atomic mass is 9.77. The summed E-state index contributed by atoms with van der Waals surface area (Å²) in [5.41, 5.74) is 5.20. The molecule has 0 spiro atoms. The van der Waals surface area contributed by atoms with Crippen LogP contribution in [-0.2, 0) is 24.1 Å². The summed E-state index contributed by atoms with van der Waals surface area (Å²) in [6.45, 7) is 3.40. The number of hydrogen-bond acceptors (Lipinski definition) is 22. The topological polar surface area (TPSA) is 303 Å². The summed E-state index contributed by atoms with van der Waals surface area (Å²) >= 11 is 8.09. The third kappa shape index (κ3) is 11.7. The molecule has 67 heavy (non-hydrogen) atoms. The number of aromatic carboxylic acids is 3. The lowest BCUT2D eigenvalue weighted by Crippen LogP contribution is -2.40. The summed E-state index contributed by atoms with van der Waals surface area (Å²) in [7, 11) is -1.95. The lowest BCUT2D eigenvalue weighted by Gasteiger charge is -2.28. The first-order valence-electron chi connectivity index (χ1n) is 19.5. The van der Waals surface area contributed by atoms with E-state index in [1.807, 2.05) is 12.1 Å². The van der Waals surface area contributed by atoms with Crippen LogP contribution in [0.4, 0.5) is 5.82 Å². The number of carboxylic acids is 3. The SMILES string of the molecule is COc1ccc2c(c1C(=O)O)OB(O)[C@@H](Sc1cnns1)C2.Cc1ccc2c(c1C(=O)O)OB(O)[C@@H](Sc1nc(NC=O)cs1)C2.Cc1ccc2c(c1C(=O)O)OB(O)[C@@H](Sc1nncs1)C2. The highest BCUT2D eigenvalue weighted by Gasteiger charge is 2.41. The van der Waals surface area contributed by atoms with Crippen molar-refractivity contribution in [2.45, 2.75) is 61.4 Å². The molecule has 3 atom stereocenters. The third-order valence-corrected chi connectivity index (χ3v) is 16.3. The smallest absolute Gasteiger partial charge is 0.535 e. The first-order valence-corrected chi connectivity index (χ1v) is 24.7. The molecule has 3 aromatic carbocycles. The van der Waals surface area contributed by atoms with E-state index < -0.39 is 39.3 Å². The number of thioether (sulfide) groups is 3. The number of carbonyl (C=O) groups excluding carboxylic acids is 1. The highest BCUT2D eigenvalue weighted by molar-refractivity contribution is 8.03. The van der Waals surface area contributed by atoms with Gasteiger partial charge in [-0.15, -0.1) is 38.4 Å². The van der Waals surface area contributed by atoms with Crippen molar-refractivity contribution >= 4 is 121 Å². The maximum atomic E-state index is 11.4. The normalized spacial score (nSPS) is 16.7. The van der Waals surface area contributed by atoms with Gasteiger partial charge in [0.1, 0.15) is 55.2 Å². The van der Waals surface area contributed by atoms with E-state index in [0.717, 1.165) is 25.2 Å². The monoisotopic (exact) mass is 1020 g/mol. The van der Waals surface area contributed by atoms with Gasteiger partial charge in [-0.3, -0.25) is 4.79 Å². The van der Waals surface area contributed by atoms with Crippen LogP contribution in [0.2, 0.25) is 0 Å². The Labute approximate surface area is 406 Å². The van der Waals surface area contributed by atoms with Crippen molar-refractivity contribution in [1.82, 2.24) is 24.8 Å². The van der Waals surface area contributed by atoms with Gasteiger partial charge in [0.15, 0.2) is 8.68 Å². The first-order chi connectivity index (χ1) is 32.1. The summed E-state index contributed by atoms with van der Waals surface area (Å²) in [5, 5.41) is 73.3. The molecule has 0 saturated carbocycles. The largest absolute Gasteiger partial charge is 0.537 e. The first kappa shape index (κ1) is 49.5. The summed E-state index contributed by atoms with van der Waals surface area (Å²) in [5.74, 6) is -1.96. The molecule has 0 unspecified atom stereocenters. The number of anilines is 1. The minimum absolute atomic E-state index is 0.0676. The van der Waals surface area contributed by atoms with Gasteiger partial charge in [-0.05, 0) is 78.5 Å². The standard InChI is InChI=1S/C14H13BN2O5S2.C12H11BN2O5S2.C12H11BN2O4S2/c1-7-2-3-8-4-9(15(21)22-12(8)11(7)13(19)20)24-14-17-10(5-23-14)16-6-18;1-19-7-3-2-6-4-8(21-9-5-14-15-22-9)13(18)20-11(6)10(7)12(16)17;1-6-2-3-7-4-8(21-12-15-14-5-20-12)13(18)19-10(7)9(6)11(16)17/h2-3,5-6,9,21H,4H2,1H3,(H,16,18)(H,19,20);2-3,5,8,18H,4H2,1H3,(H,16,17);2-3,5,8,18H,4H2,1H3,(H,16,17)/t9-;2*8-/m000/s1. The number of nitrogens with zero attached hydrogens (tertiary/aromatic N) is 5. The van der Waals surface area contributed by atoms with Crippen LogP contribution in [0.1, 0.15) is 58.9 Å². The average molecular weight is 1020 g/mol. The number of rotatable bonds is 12. The van der Waals surface area contributed by atoms with Crippen molar-refractivity contribution < 1.29 is 68.3 Å². The second-order valence-electron chi connectivity index (χ2n) is 14.3. The van der Waals surface area contributed by atoms with Crippen LogP contribution in [0.25, 0.3) is 0 Å². The maximum Gasteiger partial charge on any atom is 0.537 e. The van der Waals surface area contributed by atoms with E-state index in [2.05, 4.69) is 30.1 Å². The Morgan fingerprint density at radius 2 is 1.24 bits per heavy atom. The van der Waals surface area contributed by atoms with Gasteiger partial charge in [-0.2, -0.15) is 0 Å². The van der Waals surface area contributed by atoms with Crippen molar-refractivity contribution in [2.75, 3.05) is 12.4 Å². The number of ether oxygens (including phenoxy) is 1. The van der Waals surface area contributed by atoms with E-state index in [1.54, 1.807) is 55.2 Å². The van der Waals surface area contributed by atoms with Gasteiger partial charge in [0.25, 0.3) is 0 Å². The molecule has 3 aliphatic rings. The molecule has 0 saturated heterocycles. The molecule has 0 radical (unpaired) electrons. The summed E-state index contributed by atoms with van der Waals surface area (Å²) < 4.78 is 27.6. The average Bonchev–Trinajstić information content (AvgIpc) is 4.10. The fourth-order valence-electron chi connectivity index (χ4n) is 6.96. The predicted octanol–water partition coefficient (Wildman–Crippen LogP) is 4.85. The fraction of sp³-hybridized carbons (Fsp3) is 0.237. The minimum atomic E-state index is -1.15. The van der Waals surface area contributed by atoms with Crippen molar-refractivity contribution in [3.05, 3.63) is 98.0 Å². The number of nitrogens with one attached hydrogen (secondary N) is 1. The second-order valence-corrected chi connectivity index (χ2v) is 21.3. The number of methoxy groups -OCH3 is 1. The van der Waals surface area contributed by atoms with Gasteiger partial charge >= 0.3 is 39.3 Å².